The lowest BCUT2D eigenvalue weighted by atomic mass is 9.80. The van der Waals surface area contributed by atoms with Gasteiger partial charge in [0.2, 0.25) is 0 Å². The van der Waals surface area contributed by atoms with Crippen LogP contribution in [0.5, 0.6) is 0 Å². The lowest BCUT2D eigenvalue weighted by molar-refractivity contribution is -0.157. The first kappa shape index (κ1) is 11.2. The summed E-state index contributed by atoms with van der Waals surface area (Å²) in [7, 11) is 1.36. The zero-order valence-corrected chi connectivity index (χ0v) is 8.97. The van der Waals surface area contributed by atoms with Crippen molar-refractivity contribution in [2.24, 2.45) is 5.41 Å². The first-order chi connectivity index (χ1) is 6.67. The molecule has 1 aliphatic carbocycles. The minimum Gasteiger partial charge on any atom is -0.468 e. The molecule has 0 N–H and O–H groups in total. The van der Waals surface area contributed by atoms with E-state index in [0.717, 1.165) is 19.3 Å². The van der Waals surface area contributed by atoms with Crippen molar-refractivity contribution in [1.82, 2.24) is 0 Å². The van der Waals surface area contributed by atoms with Gasteiger partial charge in [-0.1, -0.05) is 19.8 Å². The number of hydrogen-bond acceptors (Lipinski definition) is 3. The average Bonchev–Trinajstić information content (AvgIpc) is 2.57. The Morgan fingerprint density at radius 3 is 2.71 bits per heavy atom. The van der Waals surface area contributed by atoms with Crippen molar-refractivity contribution in [2.75, 3.05) is 7.11 Å². The van der Waals surface area contributed by atoms with E-state index in [9.17, 15) is 9.59 Å². The van der Waals surface area contributed by atoms with Crippen molar-refractivity contribution in [3.8, 4) is 0 Å². The fourth-order valence-corrected chi connectivity index (χ4v) is 2.19. The maximum Gasteiger partial charge on any atom is 0.319 e. The van der Waals surface area contributed by atoms with Gasteiger partial charge in [-0.3, -0.25) is 9.59 Å². The summed E-state index contributed by atoms with van der Waals surface area (Å²) >= 11 is 0. The van der Waals surface area contributed by atoms with Gasteiger partial charge in [-0.05, 0) is 19.3 Å². The number of hydrogen-bond donors (Lipinski definition) is 0. The van der Waals surface area contributed by atoms with Crippen LogP contribution in [0.3, 0.4) is 0 Å². The number of methoxy groups -OCH3 is 1. The van der Waals surface area contributed by atoms with E-state index in [-0.39, 0.29) is 11.8 Å². The molecular formula is C11H18O3. The molecule has 1 unspecified atom stereocenters. The molecule has 3 heteroatoms. The van der Waals surface area contributed by atoms with Crippen LogP contribution in [0.1, 0.15) is 45.4 Å². The Bertz CT molecular complexity index is 235. The van der Waals surface area contributed by atoms with Crippen LogP contribution < -0.4 is 0 Å². The van der Waals surface area contributed by atoms with Gasteiger partial charge < -0.3 is 4.74 Å². The molecule has 80 valence electrons. The second-order valence-electron chi connectivity index (χ2n) is 3.95. The van der Waals surface area contributed by atoms with E-state index in [1.54, 1.807) is 0 Å². The molecule has 0 bridgehead atoms. The van der Waals surface area contributed by atoms with Crippen LogP contribution >= 0.6 is 0 Å². The third-order valence-electron chi connectivity index (χ3n) is 3.07. The lowest BCUT2D eigenvalue weighted by Gasteiger charge is -2.23. The summed E-state index contributed by atoms with van der Waals surface area (Å²) in [6, 6.07) is 0. The summed E-state index contributed by atoms with van der Waals surface area (Å²) in [6.07, 6.45) is 4.64. The number of esters is 1. The van der Waals surface area contributed by atoms with Crippen molar-refractivity contribution in [3.05, 3.63) is 0 Å². The van der Waals surface area contributed by atoms with Crippen LogP contribution in [0.25, 0.3) is 0 Å². The number of unbranched alkanes of at least 4 members (excludes halogenated alkanes) is 1. The van der Waals surface area contributed by atoms with E-state index in [4.69, 9.17) is 4.74 Å². The minimum atomic E-state index is -0.787. The third kappa shape index (κ3) is 1.81. The van der Waals surface area contributed by atoms with E-state index >= 15 is 0 Å². The van der Waals surface area contributed by atoms with Crippen molar-refractivity contribution >= 4 is 11.8 Å². The Hall–Kier alpha value is -0.860. The van der Waals surface area contributed by atoms with Gasteiger partial charge in [0.05, 0.1) is 7.11 Å². The van der Waals surface area contributed by atoms with Crippen molar-refractivity contribution in [2.45, 2.75) is 45.4 Å². The topological polar surface area (TPSA) is 43.4 Å². The standard InChI is InChI=1S/C11H18O3/c1-3-4-7-11(10(13)14-2)8-5-6-9(11)12/h3-8H2,1-2H3. The van der Waals surface area contributed by atoms with Crippen LogP contribution in [0.15, 0.2) is 0 Å². The second kappa shape index (κ2) is 4.58. The van der Waals surface area contributed by atoms with Gasteiger partial charge in [-0.15, -0.1) is 0 Å². The van der Waals surface area contributed by atoms with Gasteiger partial charge in [-0.2, -0.15) is 0 Å². The fourth-order valence-electron chi connectivity index (χ4n) is 2.19. The van der Waals surface area contributed by atoms with E-state index in [1.165, 1.54) is 7.11 Å². The van der Waals surface area contributed by atoms with E-state index in [1.807, 2.05) is 0 Å². The number of carbonyl (C=O) groups is 2. The summed E-state index contributed by atoms with van der Waals surface area (Å²) in [5.41, 5.74) is -0.787. The summed E-state index contributed by atoms with van der Waals surface area (Å²) in [6.45, 7) is 2.06. The minimum absolute atomic E-state index is 0.0813. The van der Waals surface area contributed by atoms with Gasteiger partial charge in [0.25, 0.3) is 0 Å². The molecule has 1 fully saturated rings. The highest BCUT2D eigenvalue weighted by molar-refractivity contribution is 6.05. The van der Waals surface area contributed by atoms with Crippen LogP contribution in [-0.4, -0.2) is 18.9 Å². The first-order valence-electron chi connectivity index (χ1n) is 5.29. The number of rotatable bonds is 4. The molecule has 0 aromatic carbocycles. The molecule has 3 nitrogen and oxygen atoms in total. The molecule has 0 amide bonds. The number of ketones is 1. The van der Waals surface area contributed by atoms with E-state index < -0.39 is 5.41 Å². The van der Waals surface area contributed by atoms with E-state index in [0.29, 0.717) is 19.3 Å². The van der Waals surface area contributed by atoms with Gasteiger partial charge in [0.1, 0.15) is 11.2 Å². The van der Waals surface area contributed by atoms with Gasteiger partial charge in [0, 0.05) is 6.42 Å². The number of Topliss-reactive ketones (excluding diaryl/α,β-unsaturated/α-hetero) is 1. The van der Waals surface area contributed by atoms with E-state index in [2.05, 4.69) is 6.92 Å². The van der Waals surface area contributed by atoms with Gasteiger partial charge >= 0.3 is 5.97 Å². The van der Waals surface area contributed by atoms with Crippen LogP contribution in [0, 0.1) is 5.41 Å². The zero-order chi connectivity index (χ0) is 10.6. The zero-order valence-electron chi connectivity index (χ0n) is 8.97. The highest BCUT2D eigenvalue weighted by atomic mass is 16.5. The Morgan fingerprint density at radius 1 is 1.57 bits per heavy atom. The molecule has 1 saturated carbocycles. The third-order valence-corrected chi connectivity index (χ3v) is 3.07. The second-order valence-corrected chi connectivity index (χ2v) is 3.95. The molecule has 0 aliphatic heterocycles. The lowest BCUT2D eigenvalue weighted by Crippen LogP contribution is -2.36. The van der Waals surface area contributed by atoms with Crippen LogP contribution in [0.4, 0.5) is 0 Å². The van der Waals surface area contributed by atoms with Crippen molar-refractivity contribution < 1.29 is 14.3 Å². The highest BCUT2D eigenvalue weighted by Gasteiger charge is 2.48. The van der Waals surface area contributed by atoms with Gasteiger partial charge in [0.15, 0.2) is 0 Å². The normalized spacial score (nSPS) is 26.6. The summed E-state index contributed by atoms with van der Waals surface area (Å²) in [4.78, 5) is 23.3. The SMILES string of the molecule is CCCCC1(C(=O)OC)CCCC1=O. The van der Waals surface area contributed by atoms with Crippen LogP contribution in [0.2, 0.25) is 0 Å². The molecule has 14 heavy (non-hydrogen) atoms. The maximum absolute atomic E-state index is 11.7. The molecule has 1 atom stereocenters. The van der Waals surface area contributed by atoms with Crippen molar-refractivity contribution in [1.29, 1.82) is 0 Å². The molecule has 0 radical (unpaired) electrons. The Balaban J connectivity index is 2.78. The molecule has 0 aromatic heterocycles. The molecule has 0 heterocycles. The summed E-state index contributed by atoms with van der Waals surface area (Å²) < 4.78 is 4.75. The maximum atomic E-state index is 11.7. The quantitative estimate of drug-likeness (QED) is 0.513. The molecule has 1 aliphatic rings. The van der Waals surface area contributed by atoms with Gasteiger partial charge in [-0.25, -0.2) is 0 Å². The molecule has 0 aromatic rings. The summed E-state index contributed by atoms with van der Waals surface area (Å²) in [5.74, 6) is -0.244. The molecule has 1 rings (SSSR count). The monoisotopic (exact) mass is 198 g/mol. The molecular weight excluding hydrogens is 180 g/mol. The predicted octanol–water partition coefficient (Wildman–Crippen LogP) is 2.09. The Kier molecular flexibility index (Phi) is 3.67. The number of carbonyl (C=O) groups excluding carboxylic acids is 2. The molecule has 0 saturated heterocycles. The van der Waals surface area contributed by atoms with Crippen LogP contribution in [-0.2, 0) is 14.3 Å². The fraction of sp³-hybridized carbons (Fsp3) is 0.818. The largest absolute Gasteiger partial charge is 0.468 e. The Morgan fingerprint density at radius 2 is 2.29 bits per heavy atom. The predicted molar refractivity (Wildman–Crippen MR) is 52.8 cm³/mol. The number of ether oxygens (including phenoxy) is 1. The average molecular weight is 198 g/mol. The smallest absolute Gasteiger partial charge is 0.319 e. The highest BCUT2D eigenvalue weighted by Crippen LogP contribution is 2.40. The Labute approximate surface area is 84.8 Å². The van der Waals surface area contributed by atoms with Crippen molar-refractivity contribution in [3.63, 3.8) is 0 Å². The molecule has 0 spiro atoms. The summed E-state index contributed by atoms with van der Waals surface area (Å²) in [5, 5.41) is 0. The first-order valence-corrected chi connectivity index (χ1v) is 5.29.